The van der Waals surface area contributed by atoms with Crippen LogP contribution in [0.2, 0.25) is 0 Å². The van der Waals surface area contributed by atoms with Gasteiger partial charge in [0, 0.05) is 12.8 Å². The fourth-order valence-corrected chi connectivity index (χ4v) is 2.58. The summed E-state index contributed by atoms with van der Waals surface area (Å²) in [6.07, 6.45) is -1.17. The van der Waals surface area contributed by atoms with Crippen molar-refractivity contribution in [1.29, 1.82) is 0 Å². The number of carbonyl (C=O) groups excluding carboxylic acids is 4. The lowest BCUT2D eigenvalue weighted by Gasteiger charge is -2.25. The SMILES string of the molecule is O=C1CNC(=O)C(CC(C(=O)O)=C(CC2NC(=O)CNC2=O)C(=O)O)N1. The minimum Gasteiger partial charge on any atom is -0.478 e. The molecule has 2 aliphatic rings. The molecule has 140 valence electrons. The molecule has 12 heteroatoms. The van der Waals surface area contributed by atoms with E-state index in [-0.39, 0.29) is 13.1 Å². The number of nitrogens with one attached hydrogen (secondary N) is 4. The van der Waals surface area contributed by atoms with Crippen molar-refractivity contribution in [3.63, 3.8) is 0 Å². The molecule has 2 atom stereocenters. The van der Waals surface area contributed by atoms with Gasteiger partial charge in [0.2, 0.25) is 23.6 Å². The zero-order valence-corrected chi connectivity index (χ0v) is 13.3. The summed E-state index contributed by atoms with van der Waals surface area (Å²) in [6, 6.07) is -2.52. The van der Waals surface area contributed by atoms with Crippen molar-refractivity contribution in [3.8, 4) is 0 Å². The Hall–Kier alpha value is -3.44. The summed E-state index contributed by atoms with van der Waals surface area (Å²) >= 11 is 0. The minimum atomic E-state index is -1.61. The topological polar surface area (TPSA) is 191 Å². The molecular formula is C14H16N4O8. The van der Waals surface area contributed by atoms with E-state index in [2.05, 4.69) is 21.3 Å². The van der Waals surface area contributed by atoms with Crippen molar-refractivity contribution < 1.29 is 39.0 Å². The van der Waals surface area contributed by atoms with Crippen LogP contribution in [0.1, 0.15) is 12.8 Å². The van der Waals surface area contributed by atoms with E-state index in [1.54, 1.807) is 0 Å². The number of aliphatic carboxylic acids is 2. The van der Waals surface area contributed by atoms with Gasteiger partial charge in [0.25, 0.3) is 0 Å². The fourth-order valence-electron chi connectivity index (χ4n) is 2.58. The summed E-state index contributed by atoms with van der Waals surface area (Å²) in [5.74, 6) is -5.63. The van der Waals surface area contributed by atoms with Gasteiger partial charge in [-0.1, -0.05) is 0 Å². The molecule has 26 heavy (non-hydrogen) atoms. The van der Waals surface area contributed by atoms with Crippen LogP contribution in [0.4, 0.5) is 0 Å². The van der Waals surface area contributed by atoms with Crippen molar-refractivity contribution in [2.75, 3.05) is 13.1 Å². The molecule has 12 nitrogen and oxygen atoms in total. The van der Waals surface area contributed by atoms with Crippen LogP contribution in [0.5, 0.6) is 0 Å². The van der Waals surface area contributed by atoms with Crippen LogP contribution in [0.3, 0.4) is 0 Å². The predicted molar refractivity (Wildman–Crippen MR) is 81.4 cm³/mol. The lowest BCUT2D eigenvalue weighted by Crippen LogP contribution is -2.57. The van der Waals surface area contributed by atoms with Crippen molar-refractivity contribution >= 4 is 35.6 Å². The molecule has 0 aromatic carbocycles. The second kappa shape index (κ2) is 7.63. The highest BCUT2D eigenvalue weighted by molar-refractivity contribution is 6.02. The third kappa shape index (κ3) is 4.34. The molecular weight excluding hydrogens is 352 g/mol. The molecule has 2 fully saturated rings. The first-order chi connectivity index (χ1) is 12.2. The molecule has 0 bridgehead atoms. The number of piperazine rings is 2. The maximum Gasteiger partial charge on any atom is 0.332 e. The van der Waals surface area contributed by atoms with Gasteiger partial charge in [-0.15, -0.1) is 0 Å². The van der Waals surface area contributed by atoms with Gasteiger partial charge in [-0.05, 0) is 0 Å². The van der Waals surface area contributed by atoms with E-state index >= 15 is 0 Å². The van der Waals surface area contributed by atoms with E-state index in [0.717, 1.165) is 0 Å². The Balaban J connectivity index is 2.31. The number of carboxylic acids is 2. The van der Waals surface area contributed by atoms with Gasteiger partial charge < -0.3 is 31.5 Å². The zero-order chi connectivity index (χ0) is 19.4. The van der Waals surface area contributed by atoms with Crippen LogP contribution in [0, 0.1) is 0 Å². The van der Waals surface area contributed by atoms with Gasteiger partial charge in [-0.3, -0.25) is 19.2 Å². The van der Waals surface area contributed by atoms with Crippen LogP contribution in [0.25, 0.3) is 0 Å². The molecule has 2 unspecified atom stereocenters. The average molecular weight is 368 g/mol. The zero-order valence-electron chi connectivity index (χ0n) is 13.3. The van der Waals surface area contributed by atoms with E-state index in [9.17, 15) is 39.0 Å². The van der Waals surface area contributed by atoms with Crippen LogP contribution in [-0.4, -0.2) is 71.0 Å². The molecule has 6 N–H and O–H groups in total. The summed E-state index contributed by atoms with van der Waals surface area (Å²) in [5, 5.41) is 27.8. The Labute approximate surface area is 146 Å². The molecule has 2 saturated heterocycles. The van der Waals surface area contributed by atoms with Crippen LogP contribution in [0.15, 0.2) is 11.1 Å². The van der Waals surface area contributed by atoms with E-state index in [1.807, 2.05) is 0 Å². The maximum absolute atomic E-state index is 11.8. The van der Waals surface area contributed by atoms with Gasteiger partial charge in [-0.2, -0.15) is 0 Å². The van der Waals surface area contributed by atoms with Crippen molar-refractivity contribution in [2.45, 2.75) is 24.9 Å². The normalized spacial score (nSPS) is 23.8. The number of carboxylic acid groups (broad SMARTS) is 2. The second-order valence-electron chi connectivity index (χ2n) is 5.65. The Bertz CT molecular complexity index is 668. The molecule has 2 rings (SSSR count). The molecule has 0 spiro atoms. The first-order valence-corrected chi connectivity index (χ1v) is 7.51. The van der Waals surface area contributed by atoms with E-state index in [4.69, 9.17) is 0 Å². The molecule has 0 aromatic rings. The number of hydrogen-bond donors (Lipinski definition) is 6. The number of rotatable bonds is 6. The molecule has 4 amide bonds. The van der Waals surface area contributed by atoms with Gasteiger partial charge >= 0.3 is 11.9 Å². The highest BCUT2D eigenvalue weighted by atomic mass is 16.4. The monoisotopic (exact) mass is 368 g/mol. The van der Waals surface area contributed by atoms with Crippen molar-refractivity contribution in [2.24, 2.45) is 0 Å². The summed E-state index contributed by atoms with van der Waals surface area (Å²) in [7, 11) is 0. The molecule has 0 aromatic heterocycles. The maximum atomic E-state index is 11.8. The smallest absolute Gasteiger partial charge is 0.332 e. The number of amides is 4. The molecule has 0 aliphatic carbocycles. The van der Waals surface area contributed by atoms with Gasteiger partial charge in [0.05, 0.1) is 24.2 Å². The quantitative estimate of drug-likeness (QED) is 0.260. The summed E-state index contributed by atoms with van der Waals surface area (Å²) < 4.78 is 0. The molecule has 0 radical (unpaired) electrons. The second-order valence-corrected chi connectivity index (χ2v) is 5.65. The van der Waals surface area contributed by atoms with E-state index in [0.29, 0.717) is 0 Å². The molecule has 2 heterocycles. The molecule has 2 aliphatic heterocycles. The largest absolute Gasteiger partial charge is 0.478 e. The van der Waals surface area contributed by atoms with Crippen LogP contribution >= 0.6 is 0 Å². The van der Waals surface area contributed by atoms with Crippen LogP contribution < -0.4 is 21.3 Å². The average Bonchev–Trinajstić information content (AvgIpc) is 2.56. The summed E-state index contributed by atoms with van der Waals surface area (Å²) in [4.78, 5) is 69.3. The highest BCUT2D eigenvalue weighted by Gasteiger charge is 2.34. The Morgan fingerprint density at radius 2 is 1.12 bits per heavy atom. The number of hydrogen-bond acceptors (Lipinski definition) is 6. The van der Waals surface area contributed by atoms with E-state index < -0.39 is 71.6 Å². The van der Waals surface area contributed by atoms with Crippen LogP contribution in [-0.2, 0) is 28.8 Å². The summed E-state index contributed by atoms with van der Waals surface area (Å²) in [6.45, 7) is -0.525. The van der Waals surface area contributed by atoms with Gasteiger partial charge in [0.1, 0.15) is 12.1 Å². The fraction of sp³-hybridized carbons (Fsp3) is 0.429. The first-order valence-electron chi connectivity index (χ1n) is 7.51. The Morgan fingerprint density at radius 3 is 1.42 bits per heavy atom. The van der Waals surface area contributed by atoms with E-state index in [1.165, 1.54) is 0 Å². The van der Waals surface area contributed by atoms with Crippen molar-refractivity contribution in [1.82, 2.24) is 21.3 Å². The predicted octanol–water partition coefficient (Wildman–Crippen LogP) is -3.54. The van der Waals surface area contributed by atoms with Gasteiger partial charge in [0.15, 0.2) is 0 Å². The minimum absolute atomic E-state index is 0.262. The standard InChI is InChI=1S/C14H16N4O8/c19-9-3-15-11(21)7(17-9)1-5(13(23)24)6(14(25)26)2-8-12(22)16-4-10(20)18-8/h7-8H,1-4H2,(H,15,21)(H,16,22)(H,17,19)(H,18,20)(H,23,24)(H,25,26). The Morgan fingerprint density at radius 1 is 0.769 bits per heavy atom. The lowest BCUT2D eigenvalue weighted by atomic mass is 9.94. The number of carbonyl (C=O) groups is 6. The highest BCUT2D eigenvalue weighted by Crippen LogP contribution is 2.19. The lowest BCUT2D eigenvalue weighted by molar-refractivity contribution is -0.137. The Kier molecular flexibility index (Phi) is 5.54. The first kappa shape index (κ1) is 18.9. The van der Waals surface area contributed by atoms with Crippen molar-refractivity contribution in [3.05, 3.63) is 11.1 Å². The molecule has 0 saturated carbocycles. The van der Waals surface area contributed by atoms with Gasteiger partial charge in [-0.25, -0.2) is 9.59 Å². The third-order valence-electron chi connectivity index (χ3n) is 3.85. The summed E-state index contributed by atoms with van der Waals surface area (Å²) in [5.41, 5.74) is -1.29. The third-order valence-corrected chi connectivity index (χ3v) is 3.85.